The number of benzene rings is 1. The van der Waals surface area contributed by atoms with Gasteiger partial charge in [-0.15, -0.1) is 0 Å². The van der Waals surface area contributed by atoms with Crippen molar-refractivity contribution in [1.29, 1.82) is 0 Å². The molecule has 1 heterocycles. The summed E-state index contributed by atoms with van der Waals surface area (Å²) in [4.78, 5) is 0. The normalized spacial score (nSPS) is 25.8. The van der Waals surface area contributed by atoms with Crippen LogP contribution in [0.4, 0.5) is 0 Å². The lowest BCUT2D eigenvalue weighted by molar-refractivity contribution is 0.309. The van der Waals surface area contributed by atoms with E-state index >= 15 is 0 Å². The number of nitrogens with one attached hydrogen (secondary N) is 1. The van der Waals surface area contributed by atoms with Crippen molar-refractivity contribution < 1.29 is 5.21 Å². The number of rotatable bonds is 2. The lowest BCUT2D eigenvalue weighted by Gasteiger charge is -2.36. The summed E-state index contributed by atoms with van der Waals surface area (Å²) < 4.78 is 0. The quantitative estimate of drug-likeness (QED) is 0.641. The molecule has 2 aliphatic carbocycles. The summed E-state index contributed by atoms with van der Waals surface area (Å²) >= 11 is 0. The minimum Gasteiger partial charge on any atom is -0.411 e. The van der Waals surface area contributed by atoms with Gasteiger partial charge in [-0.25, -0.2) is 0 Å². The van der Waals surface area contributed by atoms with Crippen LogP contribution in [0.3, 0.4) is 0 Å². The monoisotopic (exact) mass is 295 g/mol. The third-order valence-electron chi connectivity index (χ3n) is 5.55. The molecule has 0 spiro atoms. The van der Waals surface area contributed by atoms with Gasteiger partial charge in [0.1, 0.15) is 0 Å². The van der Waals surface area contributed by atoms with Crippen molar-refractivity contribution in [2.45, 2.75) is 46.0 Å². The molecule has 114 valence electrons. The highest BCUT2D eigenvalue weighted by Gasteiger charge is 2.45. The summed E-state index contributed by atoms with van der Waals surface area (Å²) in [7, 11) is 0. The summed E-state index contributed by atoms with van der Waals surface area (Å²) in [5, 5.41) is 21.4. The maximum atomic E-state index is 9.32. The highest BCUT2D eigenvalue weighted by molar-refractivity contribution is 6.10. The average molecular weight is 295 g/mol. The molecule has 2 aromatic rings. The van der Waals surface area contributed by atoms with Crippen molar-refractivity contribution >= 4 is 22.2 Å². The van der Waals surface area contributed by atoms with Crippen LogP contribution in [0.2, 0.25) is 0 Å². The van der Waals surface area contributed by atoms with E-state index in [1.807, 2.05) is 6.20 Å². The van der Waals surface area contributed by atoms with Crippen LogP contribution in [0.5, 0.6) is 0 Å². The Balaban J connectivity index is 2.02. The molecular formula is C18H21N3O. The first kappa shape index (κ1) is 13.6. The third-order valence-corrected chi connectivity index (χ3v) is 5.55. The van der Waals surface area contributed by atoms with Gasteiger partial charge in [-0.1, -0.05) is 24.6 Å². The molecule has 1 unspecified atom stereocenters. The molecular weight excluding hydrogens is 274 g/mol. The smallest absolute Gasteiger partial charge is 0.0828 e. The van der Waals surface area contributed by atoms with Gasteiger partial charge in [-0.05, 0) is 60.9 Å². The molecule has 4 nitrogen and oxygen atoms in total. The van der Waals surface area contributed by atoms with Gasteiger partial charge in [0.2, 0.25) is 0 Å². The lowest BCUT2D eigenvalue weighted by Crippen LogP contribution is -2.28. The molecule has 0 saturated heterocycles. The Labute approximate surface area is 129 Å². The number of aromatic nitrogens is 2. The van der Waals surface area contributed by atoms with Crippen LogP contribution >= 0.6 is 0 Å². The fraction of sp³-hybridized carbons (Fsp3) is 0.444. The molecule has 2 N–H and O–H groups in total. The largest absolute Gasteiger partial charge is 0.411 e. The molecule has 0 aliphatic heterocycles. The van der Waals surface area contributed by atoms with Crippen molar-refractivity contribution in [3.05, 3.63) is 35.0 Å². The van der Waals surface area contributed by atoms with Gasteiger partial charge in [0.15, 0.2) is 0 Å². The molecule has 0 amide bonds. The van der Waals surface area contributed by atoms with Crippen LogP contribution in [0, 0.1) is 5.41 Å². The number of allylic oxidation sites excluding steroid dienone is 2. The number of nitrogens with zero attached hydrogens (tertiary/aromatic N) is 2. The first-order valence-electron chi connectivity index (χ1n) is 8.08. The topological polar surface area (TPSA) is 61.3 Å². The number of hydrogen-bond acceptors (Lipinski definition) is 3. The number of H-pyrrole nitrogens is 1. The molecule has 0 saturated carbocycles. The highest BCUT2D eigenvalue weighted by Crippen LogP contribution is 2.57. The van der Waals surface area contributed by atoms with E-state index in [4.69, 9.17) is 0 Å². The first-order valence-corrected chi connectivity index (χ1v) is 8.08. The van der Waals surface area contributed by atoms with Crippen molar-refractivity contribution in [2.75, 3.05) is 0 Å². The highest BCUT2D eigenvalue weighted by atomic mass is 16.4. The third kappa shape index (κ3) is 1.64. The maximum Gasteiger partial charge on any atom is 0.0828 e. The Morgan fingerprint density at radius 1 is 1.41 bits per heavy atom. The molecule has 1 aromatic heterocycles. The summed E-state index contributed by atoms with van der Waals surface area (Å²) in [5.74, 6) is 0. The molecule has 4 heteroatoms. The van der Waals surface area contributed by atoms with Crippen molar-refractivity contribution in [1.82, 2.24) is 10.2 Å². The van der Waals surface area contributed by atoms with Crippen LogP contribution in [0.25, 0.3) is 16.5 Å². The fourth-order valence-corrected chi connectivity index (χ4v) is 4.66. The molecule has 1 aromatic carbocycles. The lowest BCUT2D eigenvalue weighted by atomic mass is 9.67. The Kier molecular flexibility index (Phi) is 2.90. The Morgan fingerprint density at radius 3 is 3.05 bits per heavy atom. The summed E-state index contributed by atoms with van der Waals surface area (Å²) in [6.07, 6.45) is 7.33. The number of oxime groups is 1. The van der Waals surface area contributed by atoms with E-state index < -0.39 is 0 Å². The molecule has 0 bridgehead atoms. The SMILES string of the molecule is CCCC12CC/C(=N/O)C(C)=C1c1ccc3[nH]ncc3c1C2. The van der Waals surface area contributed by atoms with Crippen LogP contribution in [-0.2, 0) is 6.42 Å². The Hall–Kier alpha value is -2.10. The second-order valence-electron chi connectivity index (χ2n) is 6.68. The zero-order valence-electron chi connectivity index (χ0n) is 13.1. The van der Waals surface area contributed by atoms with E-state index in [9.17, 15) is 5.21 Å². The van der Waals surface area contributed by atoms with Crippen LogP contribution in [-0.4, -0.2) is 21.1 Å². The summed E-state index contributed by atoms with van der Waals surface area (Å²) in [5.41, 5.74) is 7.49. The average Bonchev–Trinajstić information content (AvgIpc) is 3.09. The molecule has 4 rings (SSSR count). The molecule has 2 aliphatic rings. The minimum absolute atomic E-state index is 0.209. The Bertz CT molecular complexity index is 815. The van der Waals surface area contributed by atoms with E-state index in [0.717, 1.165) is 30.5 Å². The van der Waals surface area contributed by atoms with Gasteiger partial charge in [0, 0.05) is 10.8 Å². The standard InChI is InChI=1S/C18H21N3O/c1-3-7-18-8-6-15(21-22)11(2)17(18)12-4-5-16-14(10-19-20-16)13(12)9-18/h4-5,10,22H,3,6-9H2,1-2H3,(H,19,20)/b21-15-. The van der Waals surface area contributed by atoms with Gasteiger partial charge in [0.05, 0.1) is 17.4 Å². The van der Waals surface area contributed by atoms with E-state index in [-0.39, 0.29) is 5.41 Å². The predicted octanol–water partition coefficient (Wildman–Crippen LogP) is 4.30. The van der Waals surface area contributed by atoms with Crippen molar-refractivity contribution in [3.8, 4) is 0 Å². The second-order valence-corrected chi connectivity index (χ2v) is 6.68. The molecule has 22 heavy (non-hydrogen) atoms. The molecule has 0 fully saturated rings. The van der Waals surface area contributed by atoms with Gasteiger partial charge in [0.25, 0.3) is 0 Å². The van der Waals surface area contributed by atoms with E-state index in [1.165, 1.54) is 40.5 Å². The van der Waals surface area contributed by atoms with E-state index in [2.05, 4.69) is 41.3 Å². The number of hydrogen-bond donors (Lipinski definition) is 2. The predicted molar refractivity (Wildman–Crippen MR) is 88.2 cm³/mol. The van der Waals surface area contributed by atoms with Gasteiger partial charge in [-0.2, -0.15) is 5.10 Å². The second kappa shape index (κ2) is 4.70. The number of aromatic amines is 1. The minimum atomic E-state index is 0.209. The first-order chi connectivity index (χ1) is 10.7. The van der Waals surface area contributed by atoms with Gasteiger partial charge >= 0.3 is 0 Å². The maximum absolute atomic E-state index is 9.32. The van der Waals surface area contributed by atoms with Crippen LogP contribution in [0.15, 0.2) is 29.1 Å². The van der Waals surface area contributed by atoms with Gasteiger partial charge < -0.3 is 5.21 Å². The van der Waals surface area contributed by atoms with Gasteiger partial charge in [-0.3, -0.25) is 5.10 Å². The van der Waals surface area contributed by atoms with Crippen LogP contribution < -0.4 is 0 Å². The molecule has 0 radical (unpaired) electrons. The van der Waals surface area contributed by atoms with E-state index in [1.54, 1.807) is 0 Å². The zero-order chi connectivity index (χ0) is 15.3. The van der Waals surface area contributed by atoms with E-state index in [0.29, 0.717) is 0 Å². The summed E-state index contributed by atoms with van der Waals surface area (Å²) in [6.45, 7) is 4.37. The Morgan fingerprint density at radius 2 is 2.27 bits per heavy atom. The van der Waals surface area contributed by atoms with Crippen molar-refractivity contribution in [2.24, 2.45) is 10.6 Å². The van der Waals surface area contributed by atoms with Crippen molar-refractivity contribution in [3.63, 3.8) is 0 Å². The van der Waals surface area contributed by atoms with Crippen LogP contribution in [0.1, 0.15) is 50.7 Å². The molecule has 1 atom stereocenters. The number of fused-ring (bicyclic) bond motifs is 5. The zero-order valence-corrected chi connectivity index (χ0v) is 13.1. The summed E-state index contributed by atoms with van der Waals surface area (Å²) in [6, 6.07) is 4.33. The fourth-order valence-electron chi connectivity index (χ4n) is 4.66.